The first-order valence-electron chi connectivity index (χ1n) is 10.5. The van der Waals surface area contributed by atoms with Crippen molar-refractivity contribution in [2.75, 3.05) is 33.3 Å². The largest absolute Gasteiger partial charge is 0.493 e. The molecule has 7 heteroatoms. The average Bonchev–Trinajstić information content (AvgIpc) is 3.54. The van der Waals surface area contributed by atoms with Gasteiger partial charge in [-0.25, -0.2) is 4.79 Å². The Morgan fingerprint density at radius 1 is 1.10 bits per heavy atom. The zero-order chi connectivity index (χ0) is 21.7. The van der Waals surface area contributed by atoms with Crippen molar-refractivity contribution in [3.63, 3.8) is 0 Å². The summed E-state index contributed by atoms with van der Waals surface area (Å²) in [6, 6.07) is 17.1. The lowest BCUT2D eigenvalue weighted by atomic mass is 10.00. The number of ether oxygens (including phenoxy) is 2. The van der Waals surface area contributed by atoms with Gasteiger partial charge in [-0.3, -0.25) is 0 Å². The van der Waals surface area contributed by atoms with Crippen molar-refractivity contribution < 1.29 is 23.9 Å². The normalized spacial score (nSPS) is 21.2. The van der Waals surface area contributed by atoms with Crippen LogP contribution in [0, 0.1) is 0 Å². The van der Waals surface area contributed by atoms with Gasteiger partial charge in [-0.05, 0) is 35.0 Å². The molecule has 1 aliphatic rings. The summed E-state index contributed by atoms with van der Waals surface area (Å²) >= 11 is 2.73. The van der Waals surface area contributed by atoms with Gasteiger partial charge in [0.1, 0.15) is 12.3 Å². The number of para-hydroxylation sites is 1. The van der Waals surface area contributed by atoms with Gasteiger partial charge in [-0.2, -0.15) is 0 Å². The van der Waals surface area contributed by atoms with E-state index in [0.717, 1.165) is 42.7 Å². The lowest BCUT2D eigenvalue weighted by molar-refractivity contribution is -0.899. The van der Waals surface area contributed by atoms with Gasteiger partial charge >= 0.3 is 5.97 Å². The van der Waals surface area contributed by atoms with Gasteiger partial charge in [0.15, 0.2) is 6.10 Å². The Kier molecular flexibility index (Phi) is 6.77. The van der Waals surface area contributed by atoms with Crippen LogP contribution in [0.4, 0.5) is 0 Å². The molecule has 4 rings (SSSR count). The van der Waals surface area contributed by atoms with Crippen molar-refractivity contribution in [2.24, 2.45) is 0 Å². The van der Waals surface area contributed by atoms with Crippen LogP contribution in [0.3, 0.4) is 0 Å². The van der Waals surface area contributed by atoms with E-state index in [0.29, 0.717) is 16.4 Å². The van der Waals surface area contributed by atoms with Crippen molar-refractivity contribution in [2.45, 2.75) is 24.5 Å². The van der Waals surface area contributed by atoms with E-state index >= 15 is 0 Å². The molecule has 1 aliphatic heterocycles. The minimum atomic E-state index is -1.74. The topological polar surface area (TPSA) is 55.8 Å². The summed E-state index contributed by atoms with van der Waals surface area (Å²) in [4.78, 5) is 14.3. The average molecular weight is 459 g/mol. The van der Waals surface area contributed by atoms with Gasteiger partial charge in [0, 0.05) is 12.8 Å². The molecule has 0 saturated carbocycles. The molecule has 1 fully saturated rings. The number of thiophene rings is 2. The predicted molar refractivity (Wildman–Crippen MR) is 123 cm³/mol. The molecule has 1 unspecified atom stereocenters. The summed E-state index contributed by atoms with van der Waals surface area (Å²) in [6.07, 6.45) is 1.53. The molecule has 1 aromatic carbocycles. The van der Waals surface area contributed by atoms with Crippen LogP contribution >= 0.6 is 22.7 Å². The summed E-state index contributed by atoms with van der Waals surface area (Å²) < 4.78 is 12.5. The Balaban J connectivity index is 1.33. The standard InChI is InChI=1S/C24H28NO4S2/c1-25(13-7-15-28-19-8-3-2-4-9-19)14-12-20(18-25)29-23(26)24(27,21-10-5-16-30-21)22-11-6-17-31-22/h2-6,8-11,16-17,20,27H,7,12-15,18H2,1H3/q+1/t20?,25-/m1/s1. The van der Waals surface area contributed by atoms with E-state index in [4.69, 9.17) is 9.47 Å². The molecule has 31 heavy (non-hydrogen) atoms. The third-order valence-corrected chi connectivity index (χ3v) is 7.77. The Hall–Kier alpha value is -2.19. The fourth-order valence-electron chi connectivity index (χ4n) is 4.11. The van der Waals surface area contributed by atoms with Crippen molar-refractivity contribution >= 4 is 28.6 Å². The fraction of sp³-hybridized carbons (Fsp3) is 0.375. The maximum absolute atomic E-state index is 13.2. The summed E-state index contributed by atoms with van der Waals surface area (Å²) in [5, 5.41) is 15.1. The number of rotatable bonds is 9. The number of quaternary nitrogens is 1. The van der Waals surface area contributed by atoms with Crippen molar-refractivity contribution in [1.82, 2.24) is 0 Å². The van der Waals surface area contributed by atoms with E-state index in [1.165, 1.54) is 22.7 Å². The second kappa shape index (κ2) is 9.53. The van der Waals surface area contributed by atoms with Gasteiger partial charge in [-0.1, -0.05) is 30.3 Å². The molecule has 0 spiro atoms. The van der Waals surface area contributed by atoms with Crippen molar-refractivity contribution in [3.8, 4) is 5.75 Å². The van der Waals surface area contributed by atoms with Gasteiger partial charge < -0.3 is 19.1 Å². The first-order valence-corrected chi connectivity index (χ1v) is 12.3. The van der Waals surface area contributed by atoms with Crippen LogP contribution in [0.1, 0.15) is 22.6 Å². The third-order valence-electron chi connectivity index (χ3n) is 5.81. The van der Waals surface area contributed by atoms with Crippen LogP contribution in [-0.4, -0.2) is 55.0 Å². The summed E-state index contributed by atoms with van der Waals surface area (Å²) in [5.41, 5.74) is -1.74. The molecular formula is C24H28NO4S2+. The highest BCUT2D eigenvalue weighted by molar-refractivity contribution is 7.12. The molecule has 0 aliphatic carbocycles. The zero-order valence-corrected chi connectivity index (χ0v) is 19.2. The minimum absolute atomic E-state index is 0.195. The number of aliphatic hydroxyl groups is 1. The van der Waals surface area contributed by atoms with Crippen LogP contribution in [0.5, 0.6) is 5.75 Å². The lowest BCUT2D eigenvalue weighted by Gasteiger charge is -2.30. The third kappa shape index (κ3) is 5.01. The number of nitrogens with zero attached hydrogens (tertiary/aromatic N) is 1. The quantitative estimate of drug-likeness (QED) is 0.295. The van der Waals surface area contributed by atoms with Crippen LogP contribution < -0.4 is 4.74 Å². The molecule has 0 radical (unpaired) electrons. The fourth-order valence-corrected chi connectivity index (χ4v) is 5.82. The SMILES string of the molecule is C[N@@+]1(CCCOc2ccccc2)CCC(OC(=O)C(O)(c2cccs2)c2cccs2)C1. The van der Waals surface area contributed by atoms with E-state index < -0.39 is 11.6 Å². The molecule has 1 saturated heterocycles. The zero-order valence-electron chi connectivity index (χ0n) is 17.6. The predicted octanol–water partition coefficient (Wildman–Crippen LogP) is 4.28. The van der Waals surface area contributed by atoms with E-state index in [-0.39, 0.29) is 6.10 Å². The molecule has 2 aromatic heterocycles. The first-order chi connectivity index (χ1) is 15.0. The molecule has 0 amide bonds. The number of esters is 1. The molecule has 1 N–H and O–H groups in total. The Morgan fingerprint density at radius 3 is 2.39 bits per heavy atom. The molecule has 5 nitrogen and oxygen atoms in total. The lowest BCUT2D eigenvalue weighted by Crippen LogP contribution is -2.45. The molecule has 3 aromatic rings. The Morgan fingerprint density at radius 2 is 1.77 bits per heavy atom. The number of carbonyl (C=O) groups is 1. The van der Waals surface area contributed by atoms with Crippen LogP contribution in [-0.2, 0) is 15.1 Å². The molecular weight excluding hydrogens is 430 g/mol. The van der Waals surface area contributed by atoms with E-state index in [2.05, 4.69) is 7.05 Å². The van der Waals surface area contributed by atoms with Crippen molar-refractivity contribution in [1.29, 1.82) is 0 Å². The molecule has 2 atom stereocenters. The van der Waals surface area contributed by atoms with Crippen LogP contribution in [0.2, 0.25) is 0 Å². The molecule has 3 heterocycles. The number of hydrogen-bond donors (Lipinski definition) is 1. The summed E-state index contributed by atoms with van der Waals surface area (Å²) in [5.74, 6) is 0.308. The molecule has 0 bridgehead atoms. The van der Waals surface area contributed by atoms with Crippen LogP contribution in [0.15, 0.2) is 65.4 Å². The Bertz CT molecular complexity index is 925. The van der Waals surface area contributed by atoms with E-state index in [1.54, 1.807) is 12.1 Å². The van der Waals surface area contributed by atoms with E-state index in [1.807, 2.05) is 53.2 Å². The maximum Gasteiger partial charge on any atom is 0.349 e. The van der Waals surface area contributed by atoms with E-state index in [9.17, 15) is 9.90 Å². The summed E-state index contributed by atoms with van der Waals surface area (Å²) in [6.45, 7) is 3.32. The minimum Gasteiger partial charge on any atom is -0.493 e. The van der Waals surface area contributed by atoms with Crippen LogP contribution in [0.25, 0.3) is 0 Å². The second-order valence-electron chi connectivity index (χ2n) is 8.25. The number of likely N-dealkylation sites (N-methyl/N-ethyl adjacent to an activating group) is 1. The monoisotopic (exact) mass is 458 g/mol. The van der Waals surface area contributed by atoms with Gasteiger partial charge in [0.05, 0.1) is 36.5 Å². The Labute approximate surface area is 191 Å². The van der Waals surface area contributed by atoms with Gasteiger partial charge in [0.2, 0.25) is 5.60 Å². The van der Waals surface area contributed by atoms with Crippen molar-refractivity contribution in [3.05, 3.63) is 75.1 Å². The highest BCUT2D eigenvalue weighted by Gasteiger charge is 2.46. The first kappa shape index (κ1) is 22.0. The highest BCUT2D eigenvalue weighted by Crippen LogP contribution is 2.37. The number of hydrogen-bond acceptors (Lipinski definition) is 6. The number of benzene rings is 1. The van der Waals surface area contributed by atoms with Gasteiger partial charge in [-0.15, -0.1) is 22.7 Å². The molecule has 164 valence electrons. The number of likely N-dealkylation sites (tertiary alicyclic amines) is 1. The number of carbonyl (C=O) groups excluding carboxylic acids is 1. The smallest absolute Gasteiger partial charge is 0.349 e. The second-order valence-corrected chi connectivity index (χ2v) is 10.1. The highest BCUT2D eigenvalue weighted by atomic mass is 32.1. The summed E-state index contributed by atoms with van der Waals surface area (Å²) in [7, 11) is 2.20. The maximum atomic E-state index is 13.2. The van der Waals surface area contributed by atoms with Gasteiger partial charge in [0.25, 0.3) is 0 Å².